The van der Waals surface area contributed by atoms with Crippen LogP contribution in [0.4, 0.5) is 10.1 Å². The number of rotatable bonds is 6. The number of halogens is 2. The molecular formula is C12H16ClFN2O2S. The highest BCUT2D eigenvalue weighted by molar-refractivity contribution is 7.89. The molecule has 1 fully saturated rings. The molecule has 0 amide bonds. The molecule has 7 heteroatoms. The Balaban J connectivity index is 2.03. The summed E-state index contributed by atoms with van der Waals surface area (Å²) in [6.07, 6.45) is 4.31. The molecule has 0 bridgehead atoms. The van der Waals surface area contributed by atoms with Crippen LogP contribution in [0.15, 0.2) is 17.0 Å². The molecule has 1 aromatic carbocycles. The van der Waals surface area contributed by atoms with Crippen molar-refractivity contribution in [3.05, 3.63) is 23.0 Å². The van der Waals surface area contributed by atoms with E-state index in [-0.39, 0.29) is 15.6 Å². The van der Waals surface area contributed by atoms with Crippen LogP contribution >= 0.6 is 11.6 Å². The lowest BCUT2D eigenvalue weighted by molar-refractivity contribution is 0.572. The number of hydrogen-bond acceptors (Lipinski definition) is 3. The molecule has 1 aromatic rings. The zero-order valence-corrected chi connectivity index (χ0v) is 11.9. The lowest BCUT2D eigenvalue weighted by atomic mass is 10.2. The molecule has 3 N–H and O–H groups in total. The average molecular weight is 307 g/mol. The first-order chi connectivity index (χ1) is 8.90. The molecule has 0 aromatic heterocycles. The van der Waals surface area contributed by atoms with Crippen molar-refractivity contribution < 1.29 is 12.8 Å². The Kier molecular flexibility index (Phi) is 4.32. The molecule has 0 heterocycles. The Hall–Kier alpha value is -0.850. The molecule has 0 unspecified atom stereocenters. The Morgan fingerprint density at radius 2 is 2.11 bits per heavy atom. The number of benzene rings is 1. The van der Waals surface area contributed by atoms with Gasteiger partial charge in [0, 0.05) is 6.54 Å². The largest absolute Gasteiger partial charge is 0.396 e. The van der Waals surface area contributed by atoms with Gasteiger partial charge in [0.15, 0.2) is 0 Å². The number of sulfonamides is 1. The maximum atomic E-state index is 13.1. The molecule has 0 saturated heterocycles. The first-order valence-corrected chi connectivity index (χ1v) is 8.00. The van der Waals surface area contributed by atoms with Crippen molar-refractivity contribution in [1.29, 1.82) is 0 Å². The topological polar surface area (TPSA) is 72.2 Å². The van der Waals surface area contributed by atoms with Gasteiger partial charge in [0.1, 0.15) is 10.7 Å². The summed E-state index contributed by atoms with van der Waals surface area (Å²) in [5, 5.41) is -0.165. The molecule has 1 aliphatic carbocycles. The van der Waals surface area contributed by atoms with Crippen molar-refractivity contribution >= 4 is 27.3 Å². The van der Waals surface area contributed by atoms with Gasteiger partial charge in [0.2, 0.25) is 10.0 Å². The van der Waals surface area contributed by atoms with Crippen molar-refractivity contribution in [2.75, 3.05) is 12.3 Å². The zero-order chi connectivity index (χ0) is 14.0. The van der Waals surface area contributed by atoms with Gasteiger partial charge >= 0.3 is 0 Å². The van der Waals surface area contributed by atoms with Crippen molar-refractivity contribution in [3.8, 4) is 0 Å². The lowest BCUT2D eigenvalue weighted by Crippen LogP contribution is -2.25. The van der Waals surface area contributed by atoms with E-state index in [2.05, 4.69) is 4.72 Å². The van der Waals surface area contributed by atoms with E-state index >= 15 is 0 Å². The molecule has 0 spiro atoms. The normalized spacial score (nSPS) is 15.7. The van der Waals surface area contributed by atoms with Crippen molar-refractivity contribution in [2.45, 2.75) is 30.6 Å². The van der Waals surface area contributed by atoms with E-state index in [4.69, 9.17) is 17.3 Å². The van der Waals surface area contributed by atoms with Gasteiger partial charge in [0.25, 0.3) is 0 Å². The number of anilines is 1. The van der Waals surface area contributed by atoms with Gasteiger partial charge in [0.05, 0.1) is 10.7 Å². The fraction of sp³-hybridized carbons (Fsp3) is 0.500. The van der Waals surface area contributed by atoms with Crippen LogP contribution < -0.4 is 10.5 Å². The second kappa shape index (κ2) is 5.64. The summed E-state index contributed by atoms with van der Waals surface area (Å²) in [5.74, 6) is 0.0345. The van der Waals surface area contributed by atoms with Gasteiger partial charge in [-0.1, -0.05) is 24.4 Å². The van der Waals surface area contributed by atoms with E-state index in [1.165, 1.54) is 12.8 Å². The molecule has 2 rings (SSSR count). The van der Waals surface area contributed by atoms with Gasteiger partial charge in [-0.2, -0.15) is 0 Å². The molecule has 106 valence electrons. The third-order valence-electron chi connectivity index (χ3n) is 3.12. The highest BCUT2D eigenvalue weighted by Gasteiger charge is 2.22. The second-order valence-corrected chi connectivity index (χ2v) is 6.93. The summed E-state index contributed by atoms with van der Waals surface area (Å²) in [4.78, 5) is -0.181. The van der Waals surface area contributed by atoms with Crippen molar-refractivity contribution in [2.24, 2.45) is 5.92 Å². The van der Waals surface area contributed by atoms with Crippen molar-refractivity contribution in [3.63, 3.8) is 0 Å². The second-order valence-electron chi connectivity index (χ2n) is 4.79. The fourth-order valence-electron chi connectivity index (χ4n) is 1.83. The number of hydrogen-bond donors (Lipinski definition) is 2. The summed E-state index contributed by atoms with van der Waals surface area (Å²) in [6.45, 7) is 0.354. The van der Waals surface area contributed by atoms with E-state index in [1.54, 1.807) is 0 Å². The van der Waals surface area contributed by atoms with Crippen LogP contribution in [0.5, 0.6) is 0 Å². The summed E-state index contributed by atoms with van der Waals surface area (Å²) in [5.41, 5.74) is 5.13. The summed E-state index contributed by atoms with van der Waals surface area (Å²) < 4.78 is 39.6. The minimum atomic E-state index is -3.74. The summed E-state index contributed by atoms with van der Waals surface area (Å²) in [7, 11) is -3.74. The van der Waals surface area contributed by atoms with E-state index < -0.39 is 15.8 Å². The van der Waals surface area contributed by atoms with E-state index in [1.807, 2.05) is 0 Å². The van der Waals surface area contributed by atoms with Crippen LogP contribution in [-0.2, 0) is 10.0 Å². The standard InChI is InChI=1S/C12H16ClFN2O2S/c13-9-6-10(14)11(15)7-12(9)19(17,18)16-5-1-2-8-3-4-8/h6-8,16H,1-5,15H2. The predicted octanol–water partition coefficient (Wildman–Crippen LogP) is 2.53. The van der Waals surface area contributed by atoms with Crippen LogP contribution in [0.25, 0.3) is 0 Å². The minimum absolute atomic E-state index is 0.165. The minimum Gasteiger partial charge on any atom is -0.396 e. The first-order valence-electron chi connectivity index (χ1n) is 6.14. The fourth-order valence-corrected chi connectivity index (χ4v) is 3.45. The Bertz CT molecular complexity index is 573. The third-order valence-corrected chi connectivity index (χ3v) is 5.04. The van der Waals surface area contributed by atoms with Crippen LogP contribution in [-0.4, -0.2) is 15.0 Å². The zero-order valence-electron chi connectivity index (χ0n) is 10.3. The molecular weight excluding hydrogens is 291 g/mol. The van der Waals surface area contributed by atoms with Crippen LogP contribution in [0, 0.1) is 11.7 Å². The maximum absolute atomic E-state index is 13.1. The van der Waals surface area contributed by atoms with Gasteiger partial charge in [-0.15, -0.1) is 0 Å². The highest BCUT2D eigenvalue weighted by Crippen LogP contribution is 2.33. The molecule has 19 heavy (non-hydrogen) atoms. The van der Waals surface area contributed by atoms with Crippen LogP contribution in [0.1, 0.15) is 25.7 Å². The van der Waals surface area contributed by atoms with Gasteiger partial charge in [-0.25, -0.2) is 17.5 Å². The van der Waals surface area contributed by atoms with Crippen molar-refractivity contribution in [1.82, 2.24) is 4.72 Å². The monoisotopic (exact) mass is 306 g/mol. The molecule has 1 aliphatic rings. The highest BCUT2D eigenvalue weighted by atomic mass is 35.5. The Labute approximate surface area is 117 Å². The number of nitrogen functional groups attached to an aromatic ring is 1. The average Bonchev–Trinajstić information content (AvgIpc) is 3.13. The Morgan fingerprint density at radius 1 is 1.42 bits per heavy atom. The predicted molar refractivity (Wildman–Crippen MR) is 73.0 cm³/mol. The van der Waals surface area contributed by atoms with Crippen LogP contribution in [0.3, 0.4) is 0 Å². The number of nitrogens with two attached hydrogens (primary N) is 1. The smallest absolute Gasteiger partial charge is 0.242 e. The van der Waals surface area contributed by atoms with Gasteiger partial charge in [-0.3, -0.25) is 0 Å². The van der Waals surface area contributed by atoms with E-state index in [0.717, 1.165) is 30.9 Å². The summed E-state index contributed by atoms with van der Waals surface area (Å²) in [6, 6.07) is 1.95. The molecule has 0 atom stereocenters. The van der Waals surface area contributed by atoms with E-state index in [9.17, 15) is 12.8 Å². The SMILES string of the molecule is Nc1cc(S(=O)(=O)NCCCC2CC2)c(Cl)cc1F. The molecule has 1 saturated carbocycles. The number of nitrogens with one attached hydrogen (secondary N) is 1. The third kappa shape index (κ3) is 3.81. The quantitative estimate of drug-likeness (QED) is 0.626. The molecule has 4 nitrogen and oxygen atoms in total. The first kappa shape index (κ1) is 14.6. The molecule has 0 aliphatic heterocycles. The van der Waals surface area contributed by atoms with E-state index in [0.29, 0.717) is 6.54 Å². The maximum Gasteiger partial charge on any atom is 0.242 e. The Morgan fingerprint density at radius 3 is 2.74 bits per heavy atom. The van der Waals surface area contributed by atoms with Crippen LogP contribution in [0.2, 0.25) is 5.02 Å². The lowest BCUT2D eigenvalue weighted by Gasteiger charge is -2.09. The van der Waals surface area contributed by atoms with Gasteiger partial charge < -0.3 is 5.73 Å². The summed E-state index contributed by atoms with van der Waals surface area (Å²) >= 11 is 5.74. The molecule has 0 radical (unpaired) electrons. The van der Waals surface area contributed by atoms with Gasteiger partial charge in [-0.05, 0) is 30.9 Å².